The predicted molar refractivity (Wildman–Crippen MR) is 75.6 cm³/mol. The lowest BCUT2D eigenvalue weighted by molar-refractivity contribution is 0.0728. The Balaban J connectivity index is 1.88. The van der Waals surface area contributed by atoms with Crippen molar-refractivity contribution in [3.63, 3.8) is 0 Å². The van der Waals surface area contributed by atoms with Crippen molar-refractivity contribution in [2.45, 2.75) is 45.1 Å². The van der Waals surface area contributed by atoms with Crippen LogP contribution in [0.2, 0.25) is 0 Å². The third-order valence-corrected chi connectivity index (χ3v) is 6.13. The lowest BCUT2D eigenvalue weighted by atomic mass is 9.66. The molecule has 2 heteroatoms. The van der Waals surface area contributed by atoms with Crippen LogP contribution < -0.4 is 0 Å². The molecule has 0 saturated heterocycles. The van der Waals surface area contributed by atoms with Crippen molar-refractivity contribution in [2.24, 2.45) is 5.41 Å². The van der Waals surface area contributed by atoms with E-state index in [0.29, 0.717) is 0 Å². The van der Waals surface area contributed by atoms with E-state index < -0.39 is 0 Å². The summed E-state index contributed by atoms with van der Waals surface area (Å²) in [5.41, 5.74) is 6.15. The van der Waals surface area contributed by atoms with Crippen LogP contribution in [0.1, 0.15) is 43.0 Å². The molecule has 1 nitrogen and oxygen atoms in total. The van der Waals surface area contributed by atoms with Gasteiger partial charge in [-0.25, -0.2) is 0 Å². The summed E-state index contributed by atoms with van der Waals surface area (Å²) < 4.78 is 0. The Kier molecular flexibility index (Phi) is 2.19. The van der Waals surface area contributed by atoms with Crippen LogP contribution in [0.3, 0.4) is 0 Å². The van der Waals surface area contributed by atoms with Crippen molar-refractivity contribution in [3.8, 4) is 0 Å². The molecule has 94 valence electrons. The molecule has 2 atom stereocenters. The van der Waals surface area contributed by atoms with Gasteiger partial charge in [-0.05, 0) is 65.8 Å². The van der Waals surface area contributed by atoms with Crippen LogP contribution in [0.15, 0.2) is 28.7 Å². The second-order valence-corrected chi connectivity index (χ2v) is 7.00. The third kappa shape index (κ3) is 1.25. The topological polar surface area (TPSA) is 20.2 Å². The zero-order valence-corrected chi connectivity index (χ0v) is 11.5. The van der Waals surface area contributed by atoms with E-state index in [9.17, 15) is 5.11 Å². The average molecular weight is 258 g/mol. The first kappa shape index (κ1) is 11.0. The monoisotopic (exact) mass is 258 g/mol. The van der Waals surface area contributed by atoms with Crippen LogP contribution >= 0.6 is 11.3 Å². The Morgan fingerprint density at radius 2 is 2.17 bits per heavy atom. The minimum atomic E-state index is -0.162. The number of hydrogen-bond acceptors (Lipinski definition) is 2. The highest BCUT2D eigenvalue weighted by Crippen LogP contribution is 2.55. The fourth-order valence-electron chi connectivity index (χ4n) is 3.99. The maximum Gasteiger partial charge on any atom is 0.0668 e. The van der Waals surface area contributed by atoms with Gasteiger partial charge in [0.05, 0.1) is 6.10 Å². The van der Waals surface area contributed by atoms with Crippen LogP contribution in [0.5, 0.6) is 0 Å². The number of aryl methyl sites for hydroxylation is 1. The number of aliphatic hydroxyl groups is 1. The molecule has 0 aromatic carbocycles. The van der Waals surface area contributed by atoms with Crippen LogP contribution in [-0.2, 0) is 6.42 Å². The SMILES string of the molecule is C[C@@]12CCC3=C(CCc4sccc43)C1=CC[C@H]2O. The van der Waals surface area contributed by atoms with E-state index in [2.05, 4.69) is 24.4 Å². The molecule has 1 N–H and O–H groups in total. The van der Waals surface area contributed by atoms with E-state index in [1.807, 2.05) is 11.3 Å². The molecule has 4 rings (SSSR count). The van der Waals surface area contributed by atoms with E-state index in [4.69, 9.17) is 0 Å². The van der Waals surface area contributed by atoms with E-state index in [0.717, 1.165) is 19.3 Å². The summed E-state index contributed by atoms with van der Waals surface area (Å²) in [6, 6.07) is 2.29. The molecule has 1 aromatic rings. The van der Waals surface area contributed by atoms with Gasteiger partial charge in [-0.2, -0.15) is 0 Å². The molecular formula is C16H18OS. The first-order valence-electron chi connectivity index (χ1n) is 6.88. The second-order valence-electron chi connectivity index (χ2n) is 6.00. The van der Waals surface area contributed by atoms with Crippen molar-refractivity contribution in [3.05, 3.63) is 39.1 Å². The van der Waals surface area contributed by atoms with Crippen LogP contribution in [-0.4, -0.2) is 11.2 Å². The van der Waals surface area contributed by atoms with Gasteiger partial charge in [-0.15, -0.1) is 11.3 Å². The van der Waals surface area contributed by atoms with Gasteiger partial charge in [0.25, 0.3) is 0 Å². The molecule has 0 amide bonds. The van der Waals surface area contributed by atoms with Crippen molar-refractivity contribution in [1.29, 1.82) is 0 Å². The van der Waals surface area contributed by atoms with Crippen LogP contribution in [0.4, 0.5) is 0 Å². The summed E-state index contributed by atoms with van der Waals surface area (Å²) in [5, 5.41) is 12.5. The smallest absolute Gasteiger partial charge is 0.0668 e. The van der Waals surface area contributed by atoms with E-state index in [1.54, 1.807) is 16.0 Å². The predicted octanol–water partition coefficient (Wildman–Crippen LogP) is 3.94. The van der Waals surface area contributed by atoms with E-state index in [-0.39, 0.29) is 11.5 Å². The minimum Gasteiger partial charge on any atom is -0.392 e. The molecule has 3 aliphatic carbocycles. The van der Waals surface area contributed by atoms with Gasteiger partial charge in [-0.3, -0.25) is 0 Å². The van der Waals surface area contributed by atoms with Gasteiger partial charge in [0.15, 0.2) is 0 Å². The van der Waals surface area contributed by atoms with Gasteiger partial charge in [0.2, 0.25) is 0 Å². The number of fused-ring (bicyclic) bond motifs is 4. The lowest BCUT2D eigenvalue weighted by Crippen LogP contribution is -2.33. The molecule has 0 fully saturated rings. The largest absolute Gasteiger partial charge is 0.392 e. The Bertz CT molecular complexity index is 578. The Morgan fingerprint density at radius 3 is 3.06 bits per heavy atom. The molecule has 0 saturated carbocycles. The van der Waals surface area contributed by atoms with Gasteiger partial charge >= 0.3 is 0 Å². The fourth-order valence-corrected chi connectivity index (χ4v) is 4.90. The quantitative estimate of drug-likeness (QED) is 0.747. The summed E-state index contributed by atoms with van der Waals surface area (Å²) >= 11 is 1.90. The first-order chi connectivity index (χ1) is 8.70. The Hall–Kier alpha value is -0.860. The van der Waals surface area contributed by atoms with Crippen molar-refractivity contribution in [2.75, 3.05) is 0 Å². The molecule has 0 aliphatic heterocycles. The maximum atomic E-state index is 10.3. The van der Waals surface area contributed by atoms with Gasteiger partial charge in [-0.1, -0.05) is 13.0 Å². The van der Waals surface area contributed by atoms with Crippen LogP contribution in [0, 0.1) is 5.41 Å². The van der Waals surface area contributed by atoms with Gasteiger partial charge in [0.1, 0.15) is 0 Å². The molecule has 0 radical (unpaired) electrons. The fraction of sp³-hybridized carbons (Fsp3) is 0.500. The highest BCUT2D eigenvalue weighted by atomic mass is 32.1. The average Bonchev–Trinajstić information content (AvgIpc) is 2.94. The third-order valence-electron chi connectivity index (χ3n) is 5.15. The molecule has 0 spiro atoms. The number of aliphatic hydroxyl groups excluding tert-OH is 1. The maximum absolute atomic E-state index is 10.3. The summed E-state index contributed by atoms with van der Waals surface area (Å²) in [6.07, 6.45) is 7.60. The Morgan fingerprint density at radius 1 is 1.28 bits per heavy atom. The zero-order valence-electron chi connectivity index (χ0n) is 10.7. The number of rotatable bonds is 0. The Labute approximate surface area is 112 Å². The molecule has 18 heavy (non-hydrogen) atoms. The summed E-state index contributed by atoms with van der Waals surface area (Å²) in [6.45, 7) is 2.25. The number of hydrogen-bond donors (Lipinski definition) is 1. The van der Waals surface area contributed by atoms with E-state index >= 15 is 0 Å². The van der Waals surface area contributed by atoms with Gasteiger partial charge < -0.3 is 5.11 Å². The molecule has 0 unspecified atom stereocenters. The van der Waals surface area contributed by atoms with Crippen molar-refractivity contribution < 1.29 is 5.11 Å². The molecule has 3 aliphatic rings. The molecule has 1 heterocycles. The van der Waals surface area contributed by atoms with Gasteiger partial charge in [0, 0.05) is 10.3 Å². The van der Waals surface area contributed by atoms with E-state index in [1.165, 1.54) is 24.0 Å². The lowest BCUT2D eigenvalue weighted by Gasteiger charge is -2.40. The first-order valence-corrected chi connectivity index (χ1v) is 7.76. The molecule has 0 bridgehead atoms. The standard InChI is InChI=1S/C16H18OS/c1-16-8-6-10-11(13(16)3-5-15(16)17)2-4-14-12(10)7-9-18-14/h3,7,9,15,17H,2,4-6,8H2,1H3/t15-,16-/m1/s1. The highest BCUT2D eigenvalue weighted by molar-refractivity contribution is 7.10. The number of thiophene rings is 1. The summed E-state index contributed by atoms with van der Waals surface area (Å²) in [7, 11) is 0. The molecule has 1 aromatic heterocycles. The summed E-state index contributed by atoms with van der Waals surface area (Å²) in [5.74, 6) is 0. The van der Waals surface area contributed by atoms with Crippen molar-refractivity contribution in [1.82, 2.24) is 0 Å². The normalized spacial score (nSPS) is 33.9. The zero-order chi connectivity index (χ0) is 12.3. The van der Waals surface area contributed by atoms with Crippen molar-refractivity contribution >= 4 is 16.9 Å². The molecular weight excluding hydrogens is 240 g/mol. The second kappa shape index (κ2) is 3.58. The van der Waals surface area contributed by atoms with Crippen LogP contribution in [0.25, 0.3) is 5.57 Å². The number of allylic oxidation sites excluding steroid dienone is 2. The highest BCUT2D eigenvalue weighted by Gasteiger charge is 2.45. The minimum absolute atomic E-state index is 0.0341. The summed E-state index contributed by atoms with van der Waals surface area (Å²) in [4.78, 5) is 1.57.